The Hall–Kier alpha value is -2.87. The number of rotatable bonds is 8. The molecule has 1 aromatic heterocycles. The summed E-state index contributed by atoms with van der Waals surface area (Å²) < 4.78 is 0. The summed E-state index contributed by atoms with van der Waals surface area (Å²) in [6, 6.07) is 7.68. The van der Waals surface area contributed by atoms with Crippen LogP contribution in [0.1, 0.15) is 57.4 Å². The summed E-state index contributed by atoms with van der Waals surface area (Å²) in [7, 11) is 0. The Balaban J connectivity index is 1.33. The van der Waals surface area contributed by atoms with E-state index in [1.165, 1.54) is 0 Å². The molecule has 0 bridgehead atoms. The summed E-state index contributed by atoms with van der Waals surface area (Å²) in [6.07, 6.45) is 7.61. The first kappa shape index (κ1) is 24.8. The first-order valence-corrected chi connectivity index (χ1v) is 13.7. The third kappa shape index (κ3) is 5.01. The summed E-state index contributed by atoms with van der Waals surface area (Å²) in [5, 5.41) is 4.55. The van der Waals surface area contributed by atoms with Gasteiger partial charge in [0.1, 0.15) is 12.2 Å². The molecule has 0 radical (unpaired) electrons. The van der Waals surface area contributed by atoms with E-state index in [2.05, 4.69) is 23.3 Å². The number of hydrogen-bond acceptors (Lipinski definition) is 4. The van der Waals surface area contributed by atoms with Gasteiger partial charge in [-0.25, -0.2) is 0 Å². The average Bonchev–Trinajstić information content (AvgIpc) is 3.31. The highest BCUT2D eigenvalue weighted by atomic mass is 16.2. The van der Waals surface area contributed by atoms with Crippen LogP contribution in [0.15, 0.2) is 30.5 Å². The lowest BCUT2D eigenvalue weighted by Crippen LogP contribution is -2.71. The van der Waals surface area contributed by atoms with E-state index in [4.69, 9.17) is 0 Å². The van der Waals surface area contributed by atoms with Crippen molar-refractivity contribution in [2.24, 2.45) is 5.92 Å². The molecule has 194 valence electrons. The van der Waals surface area contributed by atoms with Crippen molar-refractivity contribution in [1.82, 2.24) is 25.0 Å². The van der Waals surface area contributed by atoms with Crippen molar-refractivity contribution in [3.8, 4) is 0 Å². The van der Waals surface area contributed by atoms with E-state index >= 15 is 0 Å². The van der Waals surface area contributed by atoms with Crippen LogP contribution >= 0.6 is 0 Å². The lowest BCUT2D eigenvalue weighted by Gasteiger charge is -2.53. The van der Waals surface area contributed by atoms with Crippen LogP contribution in [-0.2, 0) is 20.8 Å². The minimum absolute atomic E-state index is 0.0108. The highest BCUT2D eigenvalue weighted by Gasteiger charge is 2.48. The third-order valence-corrected chi connectivity index (χ3v) is 8.22. The number of para-hydroxylation sites is 1. The number of H-pyrrole nitrogens is 1. The van der Waals surface area contributed by atoms with Gasteiger partial charge in [-0.3, -0.25) is 14.4 Å². The van der Waals surface area contributed by atoms with Crippen molar-refractivity contribution in [3.05, 3.63) is 36.0 Å². The summed E-state index contributed by atoms with van der Waals surface area (Å²) in [6.45, 7) is 5.66. The quantitative estimate of drug-likeness (QED) is 0.592. The highest BCUT2D eigenvalue weighted by molar-refractivity contribution is 5.91. The molecule has 0 spiro atoms. The molecular weight excluding hydrogens is 454 g/mol. The molecule has 0 unspecified atom stereocenters. The van der Waals surface area contributed by atoms with Crippen molar-refractivity contribution in [2.75, 3.05) is 32.7 Å². The van der Waals surface area contributed by atoms with Crippen LogP contribution in [0, 0.1) is 5.92 Å². The molecule has 5 rings (SSSR count). The summed E-state index contributed by atoms with van der Waals surface area (Å²) in [4.78, 5) is 49.2. The molecule has 36 heavy (non-hydrogen) atoms. The average molecular weight is 494 g/mol. The smallest absolute Gasteiger partial charge is 0.245 e. The standard InChI is InChI=1S/C28H39N5O3/c1-2-3-8-24-28(36)31(18-20-11-14-29-15-12-20)19-25-32(16-13-27(35)33(24)25)26(34)10-9-21-17-30-23-7-5-4-6-22(21)23/h4-7,17,20,24-25,29-30H,2-3,8-16,18-19H2,1H3/t24-,25-/m1/s1. The Bertz CT molecular complexity index is 1090. The van der Waals surface area contributed by atoms with Crippen molar-refractivity contribution in [3.63, 3.8) is 0 Å². The van der Waals surface area contributed by atoms with Crippen LogP contribution in [-0.4, -0.2) is 82.3 Å². The van der Waals surface area contributed by atoms with Crippen LogP contribution in [0.25, 0.3) is 10.9 Å². The monoisotopic (exact) mass is 493 g/mol. The molecule has 0 saturated carbocycles. The number of fused-ring (bicyclic) bond motifs is 2. The number of aromatic nitrogens is 1. The zero-order valence-electron chi connectivity index (χ0n) is 21.4. The van der Waals surface area contributed by atoms with Crippen molar-refractivity contribution >= 4 is 28.6 Å². The Kier molecular flexibility index (Phi) is 7.60. The molecule has 8 nitrogen and oxygen atoms in total. The first-order chi connectivity index (χ1) is 17.6. The number of aromatic amines is 1. The number of nitrogens with zero attached hydrogens (tertiary/aromatic N) is 3. The normalized spacial score (nSPS) is 23.4. The van der Waals surface area contributed by atoms with Gasteiger partial charge in [-0.1, -0.05) is 38.0 Å². The van der Waals surface area contributed by atoms with Gasteiger partial charge in [0.05, 0.1) is 6.54 Å². The number of piperazine rings is 1. The van der Waals surface area contributed by atoms with Gasteiger partial charge < -0.3 is 25.0 Å². The number of aryl methyl sites for hydroxylation is 1. The van der Waals surface area contributed by atoms with Gasteiger partial charge in [-0.15, -0.1) is 0 Å². The fraction of sp³-hybridized carbons (Fsp3) is 0.607. The minimum atomic E-state index is -0.456. The summed E-state index contributed by atoms with van der Waals surface area (Å²) in [5.74, 6) is 0.614. The van der Waals surface area contributed by atoms with Gasteiger partial charge in [0.2, 0.25) is 17.7 Å². The van der Waals surface area contributed by atoms with Crippen molar-refractivity contribution in [1.29, 1.82) is 0 Å². The van der Waals surface area contributed by atoms with Crippen molar-refractivity contribution in [2.45, 2.75) is 70.5 Å². The SMILES string of the molecule is CCCC[C@@H]1C(=O)N(CC2CCNCC2)C[C@@H]2N(C(=O)CCc3c[nH]c4ccccc34)CCC(=O)N12. The van der Waals surface area contributed by atoms with Gasteiger partial charge in [0.15, 0.2) is 0 Å². The van der Waals surface area contributed by atoms with Gasteiger partial charge in [0, 0.05) is 43.0 Å². The topological polar surface area (TPSA) is 88.7 Å². The second kappa shape index (κ2) is 11.0. The predicted molar refractivity (Wildman–Crippen MR) is 139 cm³/mol. The molecule has 3 aliphatic rings. The van der Waals surface area contributed by atoms with Crippen LogP contribution in [0.4, 0.5) is 0 Å². The van der Waals surface area contributed by atoms with Crippen LogP contribution in [0.3, 0.4) is 0 Å². The molecule has 2 aromatic rings. The third-order valence-electron chi connectivity index (χ3n) is 8.22. The van der Waals surface area contributed by atoms with E-state index in [0.717, 1.165) is 61.8 Å². The molecule has 3 aliphatic heterocycles. The zero-order chi connectivity index (χ0) is 25.1. The Morgan fingerprint density at radius 1 is 1.14 bits per heavy atom. The number of benzene rings is 1. The van der Waals surface area contributed by atoms with Gasteiger partial charge in [-0.05, 0) is 56.3 Å². The van der Waals surface area contributed by atoms with E-state index in [1.54, 1.807) is 4.90 Å². The van der Waals surface area contributed by atoms with E-state index < -0.39 is 6.04 Å². The fourth-order valence-corrected chi connectivity index (χ4v) is 6.21. The second-order valence-corrected chi connectivity index (χ2v) is 10.6. The fourth-order valence-electron chi connectivity index (χ4n) is 6.21. The maximum absolute atomic E-state index is 13.6. The summed E-state index contributed by atoms with van der Waals surface area (Å²) >= 11 is 0. The Labute approximate surface area is 213 Å². The number of hydrogen-bond donors (Lipinski definition) is 2. The minimum Gasteiger partial charge on any atom is -0.361 e. The number of amides is 3. The number of piperidine rings is 1. The zero-order valence-corrected chi connectivity index (χ0v) is 21.4. The molecule has 2 N–H and O–H groups in total. The van der Waals surface area contributed by atoms with E-state index in [-0.39, 0.29) is 23.9 Å². The number of nitrogens with one attached hydrogen (secondary N) is 2. The molecule has 3 fully saturated rings. The molecule has 2 atom stereocenters. The van der Waals surface area contributed by atoms with Crippen LogP contribution in [0.5, 0.6) is 0 Å². The maximum atomic E-state index is 13.6. The van der Waals surface area contributed by atoms with Crippen molar-refractivity contribution < 1.29 is 14.4 Å². The predicted octanol–water partition coefficient (Wildman–Crippen LogP) is 2.89. The molecule has 4 heterocycles. The molecule has 0 aliphatic carbocycles. The van der Waals surface area contributed by atoms with Crippen LogP contribution in [0.2, 0.25) is 0 Å². The Morgan fingerprint density at radius 2 is 1.94 bits per heavy atom. The lowest BCUT2D eigenvalue weighted by atomic mass is 9.94. The Morgan fingerprint density at radius 3 is 2.75 bits per heavy atom. The number of carbonyl (C=O) groups excluding carboxylic acids is 3. The van der Waals surface area contributed by atoms with E-state index in [9.17, 15) is 14.4 Å². The van der Waals surface area contributed by atoms with E-state index in [0.29, 0.717) is 44.7 Å². The molecule has 1 aromatic carbocycles. The number of carbonyl (C=O) groups is 3. The molecule has 3 saturated heterocycles. The second-order valence-electron chi connectivity index (χ2n) is 10.6. The van der Waals surface area contributed by atoms with Gasteiger partial charge in [-0.2, -0.15) is 0 Å². The van der Waals surface area contributed by atoms with Crippen LogP contribution < -0.4 is 5.32 Å². The lowest BCUT2D eigenvalue weighted by molar-refractivity contribution is -0.175. The number of unbranched alkanes of at least 4 members (excludes halogenated alkanes) is 1. The molecule has 8 heteroatoms. The highest BCUT2D eigenvalue weighted by Crippen LogP contribution is 2.30. The molecule has 3 amide bonds. The van der Waals surface area contributed by atoms with Gasteiger partial charge >= 0.3 is 0 Å². The first-order valence-electron chi connectivity index (χ1n) is 13.7. The summed E-state index contributed by atoms with van der Waals surface area (Å²) in [5.41, 5.74) is 2.21. The molecular formula is C28H39N5O3. The van der Waals surface area contributed by atoms with Gasteiger partial charge in [0.25, 0.3) is 0 Å². The van der Waals surface area contributed by atoms with E-state index in [1.807, 2.05) is 34.2 Å². The largest absolute Gasteiger partial charge is 0.361 e. The maximum Gasteiger partial charge on any atom is 0.245 e.